The lowest BCUT2D eigenvalue weighted by atomic mass is 11.8. The molecule has 0 aliphatic heterocycles. The van der Waals surface area contributed by atoms with Crippen LogP contribution in [0.4, 0.5) is 0 Å². The molecule has 0 aliphatic carbocycles. The van der Waals surface area contributed by atoms with Crippen LogP contribution in [-0.2, 0) is 4.18 Å². The standard InChI is InChI=1S/C3H8OS/c1-4-5(2)3/h2H2,1,3H3. The van der Waals surface area contributed by atoms with Gasteiger partial charge in [-0.05, 0) is 0 Å². The summed E-state index contributed by atoms with van der Waals surface area (Å²) in [6, 6.07) is 0. The Labute approximate surface area is 35.1 Å². The third-order valence-electron chi connectivity index (χ3n) is 0.285. The molecule has 0 bridgehead atoms. The molecule has 0 saturated heterocycles. The van der Waals surface area contributed by atoms with Crippen molar-refractivity contribution in [3.63, 3.8) is 0 Å². The van der Waals surface area contributed by atoms with Crippen LogP contribution >= 0.6 is 10.8 Å². The number of hydrogen-bond donors (Lipinski definition) is 0. The second kappa shape index (κ2) is 2.42. The molecule has 0 heterocycles. The monoisotopic (exact) mass is 92.0 g/mol. The predicted molar refractivity (Wildman–Crippen MR) is 27.6 cm³/mol. The maximum absolute atomic E-state index is 4.67. The van der Waals surface area contributed by atoms with E-state index in [4.69, 9.17) is 0 Å². The maximum Gasteiger partial charge on any atom is 0.0496 e. The minimum atomic E-state index is -0.0725. The molecule has 0 aliphatic rings. The van der Waals surface area contributed by atoms with Gasteiger partial charge in [0.1, 0.15) is 0 Å². The van der Waals surface area contributed by atoms with E-state index in [9.17, 15) is 0 Å². The van der Waals surface area contributed by atoms with Crippen LogP contribution in [0.5, 0.6) is 0 Å². The van der Waals surface area contributed by atoms with E-state index in [1.54, 1.807) is 7.11 Å². The molecule has 1 unspecified atom stereocenters. The normalized spacial score (nSPS) is 14.8. The Balaban J connectivity index is 2.85. The highest BCUT2D eigenvalue weighted by atomic mass is 32.2. The lowest BCUT2D eigenvalue weighted by Gasteiger charge is -1.86. The molecule has 0 aromatic rings. The maximum atomic E-state index is 4.67. The quantitative estimate of drug-likeness (QED) is 0.436. The van der Waals surface area contributed by atoms with Gasteiger partial charge in [-0.2, -0.15) is 0 Å². The largest absolute Gasteiger partial charge is 0.327 e. The van der Waals surface area contributed by atoms with Crippen LogP contribution in [0, 0.1) is 0 Å². The fourth-order valence-corrected chi connectivity index (χ4v) is 0. The topological polar surface area (TPSA) is 9.23 Å². The van der Waals surface area contributed by atoms with Crippen LogP contribution in [0.1, 0.15) is 0 Å². The minimum Gasteiger partial charge on any atom is -0.327 e. The van der Waals surface area contributed by atoms with Crippen LogP contribution in [0.15, 0.2) is 0 Å². The van der Waals surface area contributed by atoms with Crippen molar-refractivity contribution in [1.82, 2.24) is 0 Å². The van der Waals surface area contributed by atoms with Gasteiger partial charge in [0.15, 0.2) is 0 Å². The van der Waals surface area contributed by atoms with E-state index in [1.807, 2.05) is 6.26 Å². The van der Waals surface area contributed by atoms with Crippen molar-refractivity contribution in [3.8, 4) is 0 Å². The SMILES string of the molecule is C=S(C)OC. The summed E-state index contributed by atoms with van der Waals surface area (Å²) in [7, 11) is 1.58. The Morgan fingerprint density at radius 3 is 2.00 bits per heavy atom. The van der Waals surface area contributed by atoms with Crippen LogP contribution in [-0.4, -0.2) is 19.2 Å². The fraction of sp³-hybridized carbons (Fsp3) is 0.667. The second-order valence-corrected chi connectivity index (χ2v) is 2.22. The minimum absolute atomic E-state index is 0.0725. The average Bonchev–Trinajstić information content (AvgIpc) is 1.38. The third-order valence-corrected chi connectivity index (χ3v) is 0.854. The molecule has 0 radical (unpaired) electrons. The molecule has 0 fully saturated rings. The highest BCUT2D eigenvalue weighted by Gasteiger charge is 1.62. The average molecular weight is 92.2 g/mol. The first-order chi connectivity index (χ1) is 2.27. The molecule has 0 saturated carbocycles. The molecule has 0 spiro atoms. The van der Waals surface area contributed by atoms with Crippen LogP contribution in [0.25, 0.3) is 0 Å². The molecule has 0 aromatic heterocycles. The van der Waals surface area contributed by atoms with E-state index in [1.165, 1.54) is 0 Å². The predicted octanol–water partition coefficient (Wildman–Crippen LogP) is 0.879. The summed E-state index contributed by atoms with van der Waals surface area (Å²) in [6.45, 7) is 0. The van der Waals surface area contributed by atoms with Gasteiger partial charge in [-0.25, -0.2) is 0 Å². The number of hydrogen-bond acceptors (Lipinski definition) is 1. The van der Waals surface area contributed by atoms with Gasteiger partial charge in [-0.3, -0.25) is 0 Å². The van der Waals surface area contributed by atoms with E-state index in [2.05, 4.69) is 10.1 Å². The van der Waals surface area contributed by atoms with E-state index in [-0.39, 0.29) is 10.8 Å². The molecule has 0 amide bonds. The van der Waals surface area contributed by atoms with Crippen molar-refractivity contribution in [2.24, 2.45) is 0 Å². The van der Waals surface area contributed by atoms with E-state index in [0.29, 0.717) is 0 Å². The van der Waals surface area contributed by atoms with Crippen molar-refractivity contribution in [1.29, 1.82) is 0 Å². The molecule has 0 rings (SSSR count). The fourth-order valence-electron chi connectivity index (χ4n) is 0. The highest BCUT2D eigenvalue weighted by molar-refractivity contribution is 8.09. The summed E-state index contributed by atoms with van der Waals surface area (Å²) >= 11 is 0. The van der Waals surface area contributed by atoms with Crippen molar-refractivity contribution < 1.29 is 4.18 Å². The summed E-state index contributed by atoms with van der Waals surface area (Å²) in [4.78, 5) is 0. The molecule has 0 aromatic carbocycles. The van der Waals surface area contributed by atoms with Crippen molar-refractivity contribution >= 4 is 16.6 Å². The first-order valence-corrected chi connectivity index (χ1v) is 3.00. The molecular formula is C3H8OS. The summed E-state index contributed by atoms with van der Waals surface area (Å²) < 4.78 is 4.67. The zero-order valence-electron chi connectivity index (χ0n) is 3.52. The first-order valence-electron chi connectivity index (χ1n) is 1.27. The summed E-state index contributed by atoms with van der Waals surface area (Å²) in [6.07, 6.45) is 1.92. The molecule has 32 valence electrons. The Morgan fingerprint density at radius 1 is 1.80 bits per heavy atom. The van der Waals surface area contributed by atoms with Gasteiger partial charge >= 0.3 is 0 Å². The zero-order valence-corrected chi connectivity index (χ0v) is 4.34. The molecule has 2 heteroatoms. The van der Waals surface area contributed by atoms with E-state index < -0.39 is 0 Å². The van der Waals surface area contributed by atoms with Crippen LogP contribution in [0.3, 0.4) is 0 Å². The van der Waals surface area contributed by atoms with Gasteiger partial charge in [-0.15, -0.1) is 0 Å². The van der Waals surface area contributed by atoms with Crippen LogP contribution < -0.4 is 0 Å². The molecule has 0 N–H and O–H groups in total. The van der Waals surface area contributed by atoms with Crippen molar-refractivity contribution in [2.75, 3.05) is 13.4 Å². The lowest BCUT2D eigenvalue weighted by Crippen LogP contribution is -1.62. The van der Waals surface area contributed by atoms with E-state index in [0.717, 1.165) is 0 Å². The van der Waals surface area contributed by atoms with Crippen molar-refractivity contribution in [3.05, 3.63) is 0 Å². The summed E-state index contributed by atoms with van der Waals surface area (Å²) in [5.74, 6) is 3.56. The summed E-state index contributed by atoms with van der Waals surface area (Å²) in [5.41, 5.74) is 0. The van der Waals surface area contributed by atoms with Gasteiger partial charge in [0.2, 0.25) is 0 Å². The first kappa shape index (κ1) is 5.18. The Bertz CT molecular complexity index is 42.2. The van der Waals surface area contributed by atoms with Crippen LogP contribution in [0.2, 0.25) is 0 Å². The summed E-state index contributed by atoms with van der Waals surface area (Å²) in [5, 5.41) is 0. The van der Waals surface area contributed by atoms with Gasteiger partial charge < -0.3 is 4.18 Å². The third kappa shape index (κ3) is 4.18. The number of rotatable bonds is 1. The second-order valence-electron chi connectivity index (χ2n) is 0.740. The molecule has 5 heavy (non-hydrogen) atoms. The van der Waals surface area contributed by atoms with E-state index >= 15 is 0 Å². The smallest absolute Gasteiger partial charge is 0.0496 e. The molecular weight excluding hydrogens is 84.1 g/mol. The van der Waals surface area contributed by atoms with Gasteiger partial charge in [0, 0.05) is 13.4 Å². The Morgan fingerprint density at radius 2 is 2.00 bits per heavy atom. The molecule has 1 nitrogen and oxygen atoms in total. The molecule has 1 atom stereocenters. The Kier molecular flexibility index (Phi) is 2.51. The zero-order chi connectivity index (χ0) is 4.28. The van der Waals surface area contributed by atoms with Gasteiger partial charge in [-0.1, -0.05) is 16.6 Å². The van der Waals surface area contributed by atoms with Gasteiger partial charge in [0.05, 0.1) is 0 Å². The highest BCUT2D eigenvalue weighted by Crippen LogP contribution is 1.97. The lowest BCUT2D eigenvalue weighted by molar-refractivity contribution is 0.491. The Hall–Kier alpha value is 0.180. The van der Waals surface area contributed by atoms with Gasteiger partial charge in [0.25, 0.3) is 0 Å². The van der Waals surface area contributed by atoms with Crippen molar-refractivity contribution in [2.45, 2.75) is 0 Å².